The molecule has 8 rings (SSSR count). The number of rotatable bonds is 4. The molecule has 0 unspecified atom stereocenters. The Morgan fingerprint density at radius 1 is 0.784 bits per heavy atom. The number of aromatic nitrogens is 8. The van der Waals surface area contributed by atoms with Crippen LogP contribution >= 0.6 is 0 Å². The van der Waals surface area contributed by atoms with Crippen molar-refractivity contribution in [3.8, 4) is 62.6 Å². The van der Waals surface area contributed by atoms with E-state index >= 15 is 0 Å². The minimum atomic E-state index is 0.353. The molecule has 0 amide bonds. The molecule has 0 bridgehead atoms. The molecule has 0 fully saturated rings. The molecule has 0 aliphatic carbocycles. The number of nitrogens with one attached hydrogen (secondary N) is 4. The van der Waals surface area contributed by atoms with Gasteiger partial charge in [-0.1, -0.05) is 12.1 Å². The zero-order valence-corrected chi connectivity index (χ0v) is 19.5. The van der Waals surface area contributed by atoms with E-state index in [1.165, 1.54) is 0 Å². The summed E-state index contributed by atoms with van der Waals surface area (Å²) in [6, 6.07) is 22.4. The van der Waals surface area contributed by atoms with Crippen molar-refractivity contribution < 1.29 is 4.74 Å². The fourth-order valence-electron chi connectivity index (χ4n) is 4.88. The molecule has 5 aromatic heterocycles. The molecule has 0 atom stereocenters. The molecule has 178 valence electrons. The Bertz CT molecular complexity index is 1890. The highest BCUT2D eigenvalue weighted by atomic mass is 16.5. The summed E-state index contributed by atoms with van der Waals surface area (Å²) in [6.45, 7) is 0.353. The van der Waals surface area contributed by atoms with Crippen LogP contribution < -0.4 is 4.74 Å². The van der Waals surface area contributed by atoms with Crippen molar-refractivity contribution in [2.24, 2.45) is 0 Å². The van der Waals surface area contributed by atoms with Gasteiger partial charge < -0.3 is 24.7 Å². The molecule has 2 aromatic carbocycles. The molecule has 0 spiro atoms. The van der Waals surface area contributed by atoms with Gasteiger partial charge in [-0.2, -0.15) is 5.10 Å². The molecule has 4 N–H and O–H groups in total. The van der Waals surface area contributed by atoms with Gasteiger partial charge in [-0.15, -0.1) is 0 Å². The van der Waals surface area contributed by atoms with Gasteiger partial charge in [0, 0.05) is 29.1 Å². The average Bonchev–Trinajstić information content (AvgIpc) is 3.75. The van der Waals surface area contributed by atoms with Gasteiger partial charge in [-0.05, 0) is 54.6 Å². The maximum atomic E-state index is 6.10. The van der Waals surface area contributed by atoms with Crippen LogP contribution in [0.15, 0.2) is 85.3 Å². The van der Waals surface area contributed by atoms with E-state index in [9.17, 15) is 0 Å². The van der Waals surface area contributed by atoms with Crippen molar-refractivity contribution in [3.63, 3.8) is 0 Å². The summed E-state index contributed by atoms with van der Waals surface area (Å²) in [7, 11) is 0. The first-order valence-electron chi connectivity index (χ1n) is 12.0. The third-order valence-corrected chi connectivity index (χ3v) is 6.75. The predicted octanol–water partition coefficient (Wildman–Crippen LogP) is 5.82. The number of benzene rings is 2. The highest BCUT2D eigenvalue weighted by Crippen LogP contribution is 2.39. The van der Waals surface area contributed by atoms with Crippen molar-refractivity contribution in [2.45, 2.75) is 6.73 Å². The van der Waals surface area contributed by atoms with Crippen LogP contribution in [-0.4, -0.2) is 39.7 Å². The Morgan fingerprint density at radius 3 is 2.46 bits per heavy atom. The molecule has 1 aliphatic rings. The first kappa shape index (κ1) is 19.9. The van der Waals surface area contributed by atoms with Gasteiger partial charge in [0.25, 0.3) is 0 Å². The van der Waals surface area contributed by atoms with Gasteiger partial charge in [-0.25, -0.2) is 14.6 Å². The van der Waals surface area contributed by atoms with Gasteiger partial charge in [0.05, 0.1) is 45.7 Å². The summed E-state index contributed by atoms with van der Waals surface area (Å²) in [4.78, 5) is 22.4. The Labute approximate surface area is 210 Å². The van der Waals surface area contributed by atoms with Crippen molar-refractivity contribution in [1.82, 2.24) is 39.7 Å². The van der Waals surface area contributed by atoms with Crippen molar-refractivity contribution in [1.29, 1.82) is 0 Å². The lowest BCUT2D eigenvalue weighted by atomic mass is 10.0. The van der Waals surface area contributed by atoms with E-state index in [0.717, 1.165) is 73.6 Å². The van der Waals surface area contributed by atoms with E-state index in [4.69, 9.17) is 14.8 Å². The van der Waals surface area contributed by atoms with Gasteiger partial charge in [0.1, 0.15) is 5.75 Å². The summed E-state index contributed by atoms with van der Waals surface area (Å²) < 4.78 is 8.00. The lowest BCUT2D eigenvalue weighted by Gasteiger charge is -2.19. The van der Waals surface area contributed by atoms with E-state index in [2.05, 4.69) is 61.3 Å². The average molecular weight is 485 g/mol. The van der Waals surface area contributed by atoms with Gasteiger partial charge >= 0.3 is 0 Å². The Balaban J connectivity index is 1.13. The summed E-state index contributed by atoms with van der Waals surface area (Å²) in [5.74, 6) is 2.44. The van der Waals surface area contributed by atoms with Crippen molar-refractivity contribution in [3.05, 3.63) is 85.3 Å². The maximum absolute atomic E-state index is 6.10. The summed E-state index contributed by atoms with van der Waals surface area (Å²) in [5.41, 5.74) is 9.67. The minimum absolute atomic E-state index is 0.353. The van der Waals surface area contributed by atoms with Crippen molar-refractivity contribution in [2.75, 3.05) is 0 Å². The quantitative estimate of drug-likeness (QED) is 0.252. The largest absolute Gasteiger partial charge is 0.471 e. The van der Waals surface area contributed by atoms with Gasteiger partial charge in [0.2, 0.25) is 0 Å². The zero-order valence-electron chi connectivity index (χ0n) is 19.5. The van der Waals surface area contributed by atoms with E-state index in [-0.39, 0.29) is 0 Å². The third kappa shape index (κ3) is 3.21. The molecule has 7 aromatic rings. The summed E-state index contributed by atoms with van der Waals surface area (Å²) in [6.07, 6.45) is 5.62. The Kier molecular flexibility index (Phi) is 4.09. The van der Waals surface area contributed by atoms with Crippen LogP contribution in [0, 0.1) is 0 Å². The molecule has 0 saturated heterocycles. The fourth-order valence-corrected chi connectivity index (χ4v) is 4.88. The second-order valence-corrected chi connectivity index (χ2v) is 9.03. The monoisotopic (exact) mass is 484 g/mol. The fraction of sp³-hybridized carbons (Fsp3) is 0.0357. The number of fused-ring (bicyclic) bond motifs is 4. The Hall–Kier alpha value is -5.31. The normalized spacial score (nSPS) is 12.4. The highest BCUT2D eigenvalue weighted by molar-refractivity contribution is 5.85. The number of hydrogen-bond donors (Lipinski definition) is 4. The number of hydrogen-bond acceptors (Lipinski definition) is 4. The van der Waals surface area contributed by atoms with Crippen LogP contribution in [0.25, 0.3) is 67.8 Å². The third-order valence-electron chi connectivity index (χ3n) is 6.75. The SMILES string of the molecule is c1c[nH]c(-c2ncc(-c3ccc4c(c3)OCn3nc(-c5ccc6nc(-c7ccc[nH]7)[nH]c6c5)cc3-4)[nH]2)c1. The standard InChI is InChI=1S/C28H20N8O/c1-3-20(29-9-1)27-31-14-24(34-27)17-5-7-18-25-13-22(35-36(25)15-37-26(18)12-17)16-6-8-19-23(11-16)33-28(32-19)21-4-2-10-30-21/h1-14,29-30H,15H2,(H,31,34)(H,32,33). The maximum Gasteiger partial charge on any atom is 0.181 e. The number of H-pyrrole nitrogens is 4. The Morgan fingerprint density at radius 2 is 1.62 bits per heavy atom. The molecule has 0 saturated carbocycles. The summed E-state index contributed by atoms with van der Waals surface area (Å²) >= 11 is 0. The van der Waals surface area contributed by atoms with Crippen LogP contribution in [-0.2, 0) is 6.73 Å². The highest BCUT2D eigenvalue weighted by Gasteiger charge is 2.21. The number of imidazole rings is 2. The number of nitrogens with zero attached hydrogens (tertiary/aromatic N) is 4. The smallest absolute Gasteiger partial charge is 0.181 e. The van der Waals surface area contributed by atoms with Gasteiger partial charge in [-0.3, -0.25) is 0 Å². The zero-order chi connectivity index (χ0) is 24.3. The summed E-state index contributed by atoms with van der Waals surface area (Å²) in [5, 5.41) is 4.83. The lowest BCUT2D eigenvalue weighted by Crippen LogP contribution is -2.13. The van der Waals surface area contributed by atoms with E-state index < -0.39 is 0 Å². The topological polar surface area (TPSA) is 116 Å². The molecular weight excluding hydrogens is 464 g/mol. The lowest BCUT2D eigenvalue weighted by molar-refractivity contribution is 0.215. The molecule has 9 heteroatoms. The van der Waals surface area contributed by atoms with Crippen LogP contribution in [0.4, 0.5) is 0 Å². The van der Waals surface area contributed by atoms with Crippen molar-refractivity contribution >= 4 is 11.0 Å². The van der Waals surface area contributed by atoms with Crippen LogP contribution in [0.2, 0.25) is 0 Å². The molecular formula is C28H20N8O. The first-order valence-corrected chi connectivity index (χ1v) is 12.0. The van der Waals surface area contributed by atoms with Crippen LogP contribution in [0.1, 0.15) is 0 Å². The second kappa shape index (κ2) is 7.59. The minimum Gasteiger partial charge on any atom is -0.471 e. The van der Waals surface area contributed by atoms with Crippen LogP contribution in [0.5, 0.6) is 5.75 Å². The number of ether oxygens (including phenoxy) is 1. The molecule has 0 radical (unpaired) electrons. The molecule has 37 heavy (non-hydrogen) atoms. The van der Waals surface area contributed by atoms with Gasteiger partial charge in [0.15, 0.2) is 18.4 Å². The number of aromatic amines is 4. The molecule has 9 nitrogen and oxygen atoms in total. The molecule has 1 aliphatic heterocycles. The van der Waals surface area contributed by atoms with E-state index in [1.807, 2.05) is 53.6 Å². The second-order valence-electron chi connectivity index (χ2n) is 9.03. The van der Waals surface area contributed by atoms with E-state index in [0.29, 0.717) is 6.73 Å². The molecule has 6 heterocycles. The van der Waals surface area contributed by atoms with E-state index in [1.54, 1.807) is 0 Å². The van der Waals surface area contributed by atoms with Crippen LogP contribution in [0.3, 0.4) is 0 Å². The predicted molar refractivity (Wildman–Crippen MR) is 141 cm³/mol. The first-order chi connectivity index (χ1) is 18.3.